The highest BCUT2D eigenvalue weighted by atomic mass is 16.5. The zero-order chi connectivity index (χ0) is 15.4. The molecule has 0 saturated carbocycles. The molecule has 2 aromatic carbocycles. The van der Waals surface area contributed by atoms with E-state index in [-0.39, 0.29) is 11.5 Å². The van der Waals surface area contributed by atoms with E-state index in [2.05, 4.69) is 0 Å². The molecule has 22 heavy (non-hydrogen) atoms. The standard InChI is InChI=1S/C18H11N3O/c19-11-15(12-20)18-21(16-9-5-2-6-10-16)13-17(22-18)14-7-3-1-4-8-14/h1-10,13H. The second-order valence-corrected chi connectivity index (χ2v) is 4.57. The van der Waals surface area contributed by atoms with Gasteiger partial charge in [-0.2, -0.15) is 10.5 Å². The summed E-state index contributed by atoms with van der Waals surface area (Å²) in [6.45, 7) is 0. The predicted octanol–water partition coefficient (Wildman–Crippen LogP) is 3.78. The van der Waals surface area contributed by atoms with Gasteiger partial charge in [0.25, 0.3) is 0 Å². The first kappa shape index (κ1) is 13.5. The third-order valence-electron chi connectivity index (χ3n) is 3.20. The molecule has 1 aliphatic heterocycles. The van der Waals surface area contributed by atoms with Crippen molar-refractivity contribution in [3.63, 3.8) is 0 Å². The first-order valence-corrected chi connectivity index (χ1v) is 6.67. The molecule has 1 aliphatic rings. The molecule has 0 saturated heterocycles. The monoisotopic (exact) mass is 285 g/mol. The fraction of sp³-hybridized carbons (Fsp3) is 0. The van der Waals surface area contributed by atoms with Crippen LogP contribution in [0.2, 0.25) is 0 Å². The van der Waals surface area contributed by atoms with Crippen molar-refractivity contribution in [1.29, 1.82) is 10.5 Å². The van der Waals surface area contributed by atoms with Gasteiger partial charge in [0.15, 0.2) is 11.3 Å². The maximum atomic E-state index is 9.15. The third-order valence-corrected chi connectivity index (χ3v) is 3.20. The minimum Gasteiger partial charge on any atom is -0.436 e. The third kappa shape index (κ3) is 2.42. The Hall–Kier alpha value is -3.50. The lowest BCUT2D eigenvalue weighted by Gasteiger charge is -2.15. The van der Waals surface area contributed by atoms with Crippen molar-refractivity contribution in [1.82, 2.24) is 0 Å². The lowest BCUT2D eigenvalue weighted by atomic mass is 10.2. The van der Waals surface area contributed by atoms with Crippen LogP contribution in [0.5, 0.6) is 0 Å². The quantitative estimate of drug-likeness (QED) is 0.788. The Morgan fingerprint density at radius 3 is 2.05 bits per heavy atom. The van der Waals surface area contributed by atoms with Crippen LogP contribution < -0.4 is 4.90 Å². The van der Waals surface area contributed by atoms with Gasteiger partial charge in [-0.1, -0.05) is 48.5 Å². The number of nitriles is 2. The van der Waals surface area contributed by atoms with Crippen LogP contribution in [0.3, 0.4) is 0 Å². The Morgan fingerprint density at radius 2 is 1.45 bits per heavy atom. The van der Waals surface area contributed by atoms with Crippen LogP contribution in [0.15, 0.2) is 78.3 Å². The predicted molar refractivity (Wildman–Crippen MR) is 82.7 cm³/mol. The van der Waals surface area contributed by atoms with E-state index in [4.69, 9.17) is 15.3 Å². The molecule has 0 aromatic heterocycles. The molecule has 0 atom stereocenters. The maximum Gasteiger partial charge on any atom is 0.233 e. The molecular weight excluding hydrogens is 274 g/mol. The number of benzene rings is 2. The Kier molecular flexibility index (Phi) is 3.59. The maximum absolute atomic E-state index is 9.15. The fourth-order valence-electron chi connectivity index (χ4n) is 2.16. The summed E-state index contributed by atoms with van der Waals surface area (Å²) in [5.41, 5.74) is 1.64. The van der Waals surface area contributed by atoms with Crippen LogP contribution >= 0.6 is 0 Å². The fourth-order valence-corrected chi connectivity index (χ4v) is 2.16. The smallest absolute Gasteiger partial charge is 0.233 e. The number of hydrogen-bond acceptors (Lipinski definition) is 4. The van der Waals surface area contributed by atoms with E-state index in [1.165, 1.54) is 0 Å². The van der Waals surface area contributed by atoms with Crippen LogP contribution in [0.25, 0.3) is 5.76 Å². The van der Waals surface area contributed by atoms with Crippen LogP contribution in [0, 0.1) is 22.7 Å². The van der Waals surface area contributed by atoms with Gasteiger partial charge < -0.3 is 4.74 Å². The molecule has 0 spiro atoms. The zero-order valence-corrected chi connectivity index (χ0v) is 11.6. The number of allylic oxidation sites excluding steroid dienone is 1. The van der Waals surface area contributed by atoms with E-state index in [1.807, 2.05) is 72.8 Å². The van der Waals surface area contributed by atoms with Crippen molar-refractivity contribution in [2.75, 3.05) is 4.90 Å². The van der Waals surface area contributed by atoms with E-state index in [1.54, 1.807) is 11.1 Å². The van der Waals surface area contributed by atoms with Gasteiger partial charge in [0.2, 0.25) is 5.88 Å². The lowest BCUT2D eigenvalue weighted by Crippen LogP contribution is -2.13. The summed E-state index contributed by atoms with van der Waals surface area (Å²) >= 11 is 0. The highest BCUT2D eigenvalue weighted by Crippen LogP contribution is 2.34. The van der Waals surface area contributed by atoms with Gasteiger partial charge in [-0.15, -0.1) is 0 Å². The highest BCUT2D eigenvalue weighted by molar-refractivity contribution is 5.72. The van der Waals surface area contributed by atoms with Crippen LogP contribution in [-0.2, 0) is 4.74 Å². The van der Waals surface area contributed by atoms with E-state index in [0.29, 0.717) is 5.76 Å². The summed E-state index contributed by atoms with van der Waals surface area (Å²) in [7, 11) is 0. The summed E-state index contributed by atoms with van der Waals surface area (Å²) < 4.78 is 5.78. The highest BCUT2D eigenvalue weighted by Gasteiger charge is 2.26. The number of hydrogen-bond donors (Lipinski definition) is 0. The van der Waals surface area contributed by atoms with Gasteiger partial charge in [0.1, 0.15) is 12.1 Å². The Bertz CT molecular complexity index is 808. The van der Waals surface area contributed by atoms with Gasteiger partial charge in [-0.05, 0) is 12.1 Å². The molecule has 3 rings (SSSR count). The average Bonchev–Trinajstić information content (AvgIpc) is 3.03. The second-order valence-electron chi connectivity index (χ2n) is 4.57. The SMILES string of the molecule is N#CC(C#N)=C1OC(c2ccccc2)=CN1c1ccccc1. The van der Waals surface area contributed by atoms with Crippen LogP contribution in [-0.4, -0.2) is 0 Å². The summed E-state index contributed by atoms with van der Waals surface area (Å²) in [4.78, 5) is 1.71. The summed E-state index contributed by atoms with van der Waals surface area (Å²) in [5, 5.41) is 18.3. The van der Waals surface area contributed by atoms with Crippen molar-refractivity contribution in [2.24, 2.45) is 0 Å². The van der Waals surface area contributed by atoms with E-state index >= 15 is 0 Å². The summed E-state index contributed by atoms with van der Waals surface area (Å²) in [6.07, 6.45) is 1.79. The average molecular weight is 285 g/mol. The molecule has 0 amide bonds. The second kappa shape index (κ2) is 5.87. The van der Waals surface area contributed by atoms with Crippen LogP contribution in [0.1, 0.15) is 5.56 Å². The molecule has 4 nitrogen and oxygen atoms in total. The minimum atomic E-state index is -0.0639. The molecule has 0 fully saturated rings. The van der Waals surface area contributed by atoms with Crippen molar-refractivity contribution >= 4 is 11.4 Å². The van der Waals surface area contributed by atoms with Crippen molar-refractivity contribution in [2.45, 2.75) is 0 Å². The van der Waals surface area contributed by atoms with Crippen molar-refractivity contribution in [3.8, 4) is 12.1 Å². The minimum absolute atomic E-state index is 0.0639. The molecule has 0 N–H and O–H groups in total. The number of anilines is 1. The van der Waals surface area contributed by atoms with E-state index < -0.39 is 0 Å². The molecule has 104 valence electrons. The van der Waals surface area contributed by atoms with Gasteiger partial charge >= 0.3 is 0 Å². The van der Waals surface area contributed by atoms with Gasteiger partial charge in [0.05, 0.1) is 6.20 Å². The van der Waals surface area contributed by atoms with Crippen molar-refractivity contribution < 1.29 is 4.74 Å². The molecular formula is C18H11N3O. The number of ether oxygens (including phenoxy) is 1. The summed E-state index contributed by atoms with van der Waals surface area (Å²) in [6, 6.07) is 22.8. The number of para-hydroxylation sites is 1. The first-order chi connectivity index (χ1) is 10.8. The van der Waals surface area contributed by atoms with Gasteiger partial charge in [-0.25, -0.2) is 0 Å². The normalized spacial score (nSPS) is 12.9. The Labute approximate surface area is 128 Å². The van der Waals surface area contributed by atoms with Gasteiger partial charge in [-0.3, -0.25) is 4.90 Å². The topological polar surface area (TPSA) is 60.1 Å². The first-order valence-electron chi connectivity index (χ1n) is 6.67. The molecule has 0 bridgehead atoms. The Morgan fingerprint density at radius 1 is 0.864 bits per heavy atom. The zero-order valence-electron chi connectivity index (χ0n) is 11.6. The molecule has 0 radical (unpaired) electrons. The Balaban J connectivity index is 2.10. The molecule has 1 heterocycles. The van der Waals surface area contributed by atoms with E-state index in [0.717, 1.165) is 11.3 Å². The summed E-state index contributed by atoms with van der Waals surface area (Å²) in [5.74, 6) is 0.831. The molecule has 2 aromatic rings. The molecule has 0 unspecified atom stereocenters. The van der Waals surface area contributed by atoms with E-state index in [9.17, 15) is 0 Å². The largest absolute Gasteiger partial charge is 0.436 e. The van der Waals surface area contributed by atoms with Crippen molar-refractivity contribution in [3.05, 3.63) is 83.9 Å². The van der Waals surface area contributed by atoms with Crippen LogP contribution in [0.4, 0.5) is 5.69 Å². The lowest BCUT2D eigenvalue weighted by molar-refractivity contribution is 0.394. The van der Waals surface area contributed by atoms with Gasteiger partial charge in [0, 0.05) is 11.3 Å². The number of rotatable bonds is 2. The molecule has 4 heteroatoms. The number of nitrogens with zero attached hydrogens (tertiary/aromatic N) is 3. The molecule has 0 aliphatic carbocycles.